The van der Waals surface area contributed by atoms with Crippen molar-refractivity contribution in [3.8, 4) is 5.75 Å². The van der Waals surface area contributed by atoms with Crippen molar-refractivity contribution in [2.45, 2.75) is 0 Å². The van der Waals surface area contributed by atoms with Crippen LogP contribution in [0, 0.1) is 0 Å². The average Bonchev–Trinajstić information content (AvgIpc) is 2.73. The minimum absolute atomic E-state index is 0.0295. The zero-order chi connectivity index (χ0) is 19.3. The number of hydrogen-bond acceptors (Lipinski definition) is 4. The van der Waals surface area contributed by atoms with Crippen LogP contribution in [0.2, 0.25) is 0 Å². The minimum Gasteiger partial charge on any atom is -0.507 e. The largest absolute Gasteiger partial charge is 0.507 e. The number of amides is 2. The molecule has 0 unspecified atom stereocenters. The summed E-state index contributed by atoms with van der Waals surface area (Å²) in [5.74, 6) is -0.933. The molecule has 0 atom stereocenters. The van der Waals surface area contributed by atoms with Crippen LogP contribution in [0.15, 0.2) is 77.9 Å². The molecule has 134 valence electrons. The third-order valence-corrected chi connectivity index (χ3v) is 5.00. The number of benzene rings is 4. The monoisotopic (exact) mass is 366 g/mol. The summed E-state index contributed by atoms with van der Waals surface area (Å²) in [5.41, 5.74) is 1.33. The van der Waals surface area contributed by atoms with Crippen LogP contribution >= 0.6 is 0 Å². The van der Waals surface area contributed by atoms with Gasteiger partial charge in [0, 0.05) is 10.9 Å². The smallest absolute Gasteiger partial charge is 0.282 e. The highest BCUT2D eigenvalue weighted by Crippen LogP contribution is 2.31. The van der Waals surface area contributed by atoms with Gasteiger partial charge >= 0.3 is 0 Å². The molecule has 0 saturated carbocycles. The number of carbonyl (C=O) groups excluding carboxylic acids is 2. The molecule has 4 aromatic rings. The van der Waals surface area contributed by atoms with Crippen LogP contribution < -0.4 is 0 Å². The van der Waals surface area contributed by atoms with Gasteiger partial charge in [-0.05, 0) is 34.4 Å². The number of carbonyl (C=O) groups is 2. The number of rotatable bonds is 2. The summed E-state index contributed by atoms with van der Waals surface area (Å²) in [6.45, 7) is 0. The van der Waals surface area contributed by atoms with Gasteiger partial charge in [0.15, 0.2) is 0 Å². The minimum atomic E-state index is -0.481. The second-order valence-corrected chi connectivity index (χ2v) is 6.60. The molecule has 0 saturated heterocycles. The zero-order valence-electron chi connectivity index (χ0n) is 14.7. The first-order valence-electron chi connectivity index (χ1n) is 8.80. The fraction of sp³-hybridized carbons (Fsp3) is 0. The molecule has 0 fully saturated rings. The van der Waals surface area contributed by atoms with E-state index in [-0.39, 0.29) is 5.75 Å². The SMILES string of the molecule is O=C1c2cccc3cccc(c23)C(=O)N1/N=C/c1c(O)ccc2ccccc12. The van der Waals surface area contributed by atoms with Crippen LogP contribution in [0.1, 0.15) is 26.3 Å². The molecule has 0 aromatic heterocycles. The van der Waals surface area contributed by atoms with Crippen LogP contribution in [0.25, 0.3) is 21.5 Å². The van der Waals surface area contributed by atoms with Crippen LogP contribution in [-0.4, -0.2) is 28.1 Å². The number of aromatic hydroxyl groups is 1. The van der Waals surface area contributed by atoms with E-state index >= 15 is 0 Å². The first kappa shape index (κ1) is 16.2. The van der Waals surface area contributed by atoms with E-state index in [1.54, 1.807) is 36.4 Å². The number of nitrogens with zero attached hydrogens (tertiary/aromatic N) is 2. The molecular formula is C23H14N2O3. The van der Waals surface area contributed by atoms with Gasteiger partial charge in [-0.2, -0.15) is 10.1 Å². The molecule has 0 radical (unpaired) electrons. The highest BCUT2D eigenvalue weighted by Gasteiger charge is 2.32. The highest BCUT2D eigenvalue weighted by molar-refractivity contribution is 6.25. The second kappa shape index (κ2) is 6.03. The molecule has 1 heterocycles. The van der Waals surface area contributed by atoms with Crippen molar-refractivity contribution < 1.29 is 14.7 Å². The Kier molecular flexibility index (Phi) is 3.49. The Morgan fingerprint density at radius 2 is 1.39 bits per heavy atom. The Labute approximate surface area is 160 Å². The summed E-state index contributed by atoms with van der Waals surface area (Å²) < 4.78 is 0. The molecule has 2 amide bonds. The van der Waals surface area contributed by atoms with Crippen molar-refractivity contribution in [1.82, 2.24) is 5.01 Å². The van der Waals surface area contributed by atoms with Crippen molar-refractivity contribution in [2.75, 3.05) is 0 Å². The lowest BCUT2D eigenvalue weighted by Gasteiger charge is -2.23. The second-order valence-electron chi connectivity index (χ2n) is 6.60. The number of fused-ring (bicyclic) bond motifs is 1. The Morgan fingerprint density at radius 3 is 2.11 bits per heavy atom. The van der Waals surface area contributed by atoms with E-state index in [1.807, 2.05) is 36.4 Å². The van der Waals surface area contributed by atoms with E-state index in [9.17, 15) is 14.7 Å². The van der Waals surface area contributed by atoms with Gasteiger partial charge in [-0.3, -0.25) is 9.59 Å². The van der Waals surface area contributed by atoms with Crippen LogP contribution in [0.4, 0.5) is 0 Å². The topological polar surface area (TPSA) is 70.0 Å². The fourth-order valence-electron chi connectivity index (χ4n) is 3.66. The molecule has 4 aromatic carbocycles. The van der Waals surface area contributed by atoms with Crippen LogP contribution in [-0.2, 0) is 0 Å². The summed E-state index contributed by atoms with van der Waals surface area (Å²) in [4.78, 5) is 25.8. The first-order valence-corrected chi connectivity index (χ1v) is 8.80. The molecular weight excluding hydrogens is 352 g/mol. The van der Waals surface area contributed by atoms with Crippen molar-refractivity contribution in [3.63, 3.8) is 0 Å². The third-order valence-electron chi connectivity index (χ3n) is 5.00. The van der Waals surface area contributed by atoms with E-state index < -0.39 is 11.8 Å². The maximum Gasteiger partial charge on any atom is 0.282 e. The van der Waals surface area contributed by atoms with Gasteiger partial charge in [0.1, 0.15) is 5.75 Å². The zero-order valence-corrected chi connectivity index (χ0v) is 14.7. The van der Waals surface area contributed by atoms with Gasteiger partial charge in [0.2, 0.25) is 0 Å². The predicted molar refractivity (Wildman–Crippen MR) is 108 cm³/mol. The lowest BCUT2D eigenvalue weighted by Crippen LogP contribution is -2.36. The summed E-state index contributed by atoms with van der Waals surface area (Å²) in [6.07, 6.45) is 1.36. The lowest BCUT2D eigenvalue weighted by molar-refractivity contribution is 0.0616. The third kappa shape index (κ3) is 2.30. The van der Waals surface area contributed by atoms with E-state index in [4.69, 9.17) is 0 Å². The van der Waals surface area contributed by atoms with E-state index in [1.165, 1.54) is 6.21 Å². The molecule has 28 heavy (non-hydrogen) atoms. The molecule has 5 nitrogen and oxygen atoms in total. The van der Waals surface area contributed by atoms with Crippen molar-refractivity contribution in [2.24, 2.45) is 5.10 Å². The lowest BCUT2D eigenvalue weighted by atomic mass is 9.95. The molecule has 5 rings (SSSR count). The molecule has 1 aliphatic rings. The predicted octanol–water partition coefficient (Wildman–Crippen LogP) is 4.33. The quantitative estimate of drug-likeness (QED) is 0.424. The number of imide groups is 1. The van der Waals surface area contributed by atoms with Gasteiger partial charge in [-0.15, -0.1) is 0 Å². The Balaban J connectivity index is 1.63. The number of hydrogen-bond donors (Lipinski definition) is 1. The maximum absolute atomic E-state index is 12.9. The van der Waals surface area contributed by atoms with E-state index in [0.29, 0.717) is 22.1 Å². The Morgan fingerprint density at radius 1 is 0.750 bits per heavy atom. The van der Waals surface area contributed by atoms with Gasteiger partial charge in [-0.25, -0.2) is 0 Å². The van der Waals surface area contributed by atoms with Gasteiger partial charge in [0.05, 0.1) is 17.3 Å². The van der Waals surface area contributed by atoms with Gasteiger partial charge < -0.3 is 5.11 Å². The van der Waals surface area contributed by atoms with Crippen LogP contribution in [0.3, 0.4) is 0 Å². The fourth-order valence-corrected chi connectivity index (χ4v) is 3.66. The molecule has 0 aliphatic carbocycles. The number of phenolic OH excluding ortho intramolecular Hbond substituents is 1. The summed E-state index contributed by atoms with van der Waals surface area (Å²) in [6, 6.07) is 21.6. The average molecular weight is 366 g/mol. The van der Waals surface area contributed by atoms with E-state index in [0.717, 1.165) is 21.2 Å². The molecule has 1 aliphatic heterocycles. The van der Waals surface area contributed by atoms with Gasteiger partial charge in [0.25, 0.3) is 11.8 Å². The summed E-state index contributed by atoms with van der Waals surface area (Å²) >= 11 is 0. The Bertz CT molecular complexity index is 1270. The molecule has 1 N–H and O–H groups in total. The highest BCUT2D eigenvalue weighted by atomic mass is 16.3. The first-order chi connectivity index (χ1) is 13.6. The van der Waals surface area contributed by atoms with Crippen molar-refractivity contribution in [1.29, 1.82) is 0 Å². The number of phenols is 1. The van der Waals surface area contributed by atoms with E-state index in [2.05, 4.69) is 5.10 Å². The summed E-state index contributed by atoms with van der Waals surface area (Å²) in [5, 5.41) is 18.5. The molecule has 0 spiro atoms. The molecule has 0 bridgehead atoms. The standard InChI is InChI=1S/C23H14N2O3/c26-20-12-11-14-5-1-2-8-16(14)19(20)13-24-25-22(27)17-9-3-6-15-7-4-10-18(21(15)17)23(25)28/h1-13,26H/b24-13+. The normalized spacial score (nSPS) is 13.8. The number of hydrazone groups is 1. The maximum atomic E-state index is 12.9. The Hall–Kier alpha value is -3.99. The van der Waals surface area contributed by atoms with Crippen molar-refractivity contribution >= 4 is 39.6 Å². The molecule has 5 heteroatoms. The van der Waals surface area contributed by atoms with Crippen LogP contribution in [0.5, 0.6) is 5.75 Å². The van der Waals surface area contributed by atoms with Crippen molar-refractivity contribution in [3.05, 3.63) is 89.5 Å². The summed E-state index contributed by atoms with van der Waals surface area (Å²) in [7, 11) is 0. The van der Waals surface area contributed by atoms with Gasteiger partial charge in [-0.1, -0.05) is 54.6 Å².